The largest absolute Gasteiger partial charge is 0.486 e. The van der Waals surface area contributed by atoms with Gasteiger partial charge in [-0.05, 0) is 43.3 Å². The van der Waals surface area contributed by atoms with Crippen LogP contribution in [0.1, 0.15) is 23.7 Å². The highest BCUT2D eigenvalue weighted by Gasteiger charge is 2.20. The van der Waals surface area contributed by atoms with Gasteiger partial charge < -0.3 is 24.8 Å². The first-order valence-electron chi connectivity index (χ1n) is 9.32. The van der Waals surface area contributed by atoms with E-state index in [1.165, 1.54) is 0 Å². The summed E-state index contributed by atoms with van der Waals surface area (Å²) in [7, 11) is 0. The Morgan fingerprint density at radius 3 is 2.55 bits per heavy atom. The fourth-order valence-electron chi connectivity index (χ4n) is 2.76. The van der Waals surface area contributed by atoms with E-state index in [0.29, 0.717) is 44.0 Å². The second kappa shape index (κ2) is 11.3. The number of hydrogen-bond acceptors (Lipinski definition) is 6. The van der Waals surface area contributed by atoms with Crippen LogP contribution >= 0.6 is 12.4 Å². The molecule has 0 aliphatic carbocycles. The molecule has 0 radical (unpaired) electrons. The number of benzene rings is 2. The third-order valence-electron chi connectivity index (χ3n) is 4.15. The molecule has 7 nitrogen and oxygen atoms in total. The number of halogens is 1. The monoisotopic (exact) mass is 420 g/mol. The van der Waals surface area contributed by atoms with Crippen molar-refractivity contribution in [3.63, 3.8) is 0 Å². The summed E-state index contributed by atoms with van der Waals surface area (Å²) in [6.45, 7) is 3.68. The maximum absolute atomic E-state index is 12.0. The van der Waals surface area contributed by atoms with Gasteiger partial charge in [-0.25, -0.2) is 4.79 Å². The van der Waals surface area contributed by atoms with E-state index < -0.39 is 0 Å². The van der Waals surface area contributed by atoms with Crippen LogP contribution in [0.2, 0.25) is 0 Å². The van der Waals surface area contributed by atoms with Crippen LogP contribution < -0.4 is 20.1 Å². The van der Waals surface area contributed by atoms with Gasteiger partial charge in [0.2, 0.25) is 5.91 Å². The predicted molar refractivity (Wildman–Crippen MR) is 112 cm³/mol. The van der Waals surface area contributed by atoms with Crippen LogP contribution in [-0.2, 0) is 9.53 Å². The molecule has 2 N–H and O–H groups in total. The summed E-state index contributed by atoms with van der Waals surface area (Å²) in [6, 6.07) is 14.2. The van der Waals surface area contributed by atoms with Crippen molar-refractivity contribution >= 4 is 30.0 Å². The van der Waals surface area contributed by atoms with Gasteiger partial charge in [0.15, 0.2) is 11.5 Å². The highest BCUT2D eigenvalue weighted by atomic mass is 35.5. The lowest BCUT2D eigenvalue weighted by Gasteiger charge is -2.26. The molecule has 0 fully saturated rings. The van der Waals surface area contributed by atoms with E-state index in [9.17, 15) is 9.59 Å². The van der Waals surface area contributed by atoms with Gasteiger partial charge in [-0.2, -0.15) is 0 Å². The molecular weight excluding hydrogens is 396 g/mol. The number of rotatable bonds is 8. The standard InChI is InChI=1S/C21H24N2O5.ClH/c1-2-26-21(25)15-7-9-16(10-8-15)23-20(24)11-12-22-13-17-14-27-18-5-3-4-6-19(18)28-17;/h3-10,17,22H,2,11-14H2,1H3,(H,23,24);1H. The predicted octanol–water partition coefficient (Wildman–Crippen LogP) is 3.04. The van der Waals surface area contributed by atoms with Crippen molar-refractivity contribution in [3.05, 3.63) is 54.1 Å². The van der Waals surface area contributed by atoms with E-state index >= 15 is 0 Å². The molecule has 3 rings (SSSR count). The molecule has 1 heterocycles. The van der Waals surface area contributed by atoms with E-state index in [0.717, 1.165) is 11.5 Å². The van der Waals surface area contributed by atoms with Crippen LogP contribution in [0.3, 0.4) is 0 Å². The second-order valence-electron chi connectivity index (χ2n) is 6.30. The zero-order valence-corrected chi connectivity index (χ0v) is 17.0. The Hall–Kier alpha value is -2.77. The zero-order valence-electron chi connectivity index (χ0n) is 16.2. The fourth-order valence-corrected chi connectivity index (χ4v) is 2.76. The number of nitrogens with one attached hydrogen (secondary N) is 2. The highest BCUT2D eigenvalue weighted by molar-refractivity contribution is 5.93. The second-order valence-corrected chi connectivity index (χ2v) is 6.30. The Bertz CT molecular complexity index is 813. The van der Waals surface area contributed by atoms with Crippen molar-refractivity contribution < 1.29 is 23.8 Å². The molecule has 29 heavy (non-hydrogen) atoms. The topological polar surface area (TPSA) is 85.9 Å². The molecule has 1 aliphatic heterocycles. The van der Waals surface area contributed by atoms with Crippen LogP contribution in [0, 0.1) is 0 Å². The molecule has 2 aromatic rings. The van der Waals surface area contributed by atoms with E-state index in [-0.39, 0.29) is 30.4 Å². The Labute approximate surface area is 176 Å². The smallest absolute Gasteiger partial charge is 0.338 e. The lowest BCUT2D eigenvalue weighted by Crippen LogP contribution is -2.39. The van der Waals surface area contributed by atoms with Crippen LogP contribution in [0.25, 0.3) is 0 Å². The van der Waals surface area contributed by atoms with Crippen molar-refractivity contribution in [2.75, 3.05) is 31.6 Å². The summed E-state index contributed by atoms with van der Waals surface area (Å²) < 4.78 is 16.4. The zero-order chi connectivity index (χ0) is 19.8. The third kappa shape index (κ3) is 6.66. The maximum Gasteiger partial charge on any atom is 0.338 e. The normalized spacial score (nSPS) is 14.4. The van der Waals surface area contributed by atoms with E-state index in [2.05, 4.69) is 10.6 Å². The van der Waals surface area contributed by atoms with Gasteiger partial charge >= 0.3 is 5.97 Å². The number of esters is 1. The first kappa shape index (κ1) is 22.5. The van der Waals surface area contributed by atoms with Crippen molar-refractivity contribution in [1.29, 1.82) is 0 Å². The third-order valence-corrected chi connectivity index (χ3v) is 4.15. The van der Waals surface area contributed by atoms with Gasteiger partial charge in [0, 0.05) is 25.2 Å². The number of para-hydroxylation sites is 2. The summed E-state index contributed by atoms with van der Waals surface area (Å²) in [4.78, 5) is 23.7. The van der Waals surface area contributed by atoms with Crippen LogP contribution in [0.5, 0.6) is 11.5 Å². The Morgan fingerprint density at radius 2 is 1.83 bits per heavy atom. The van der Waals surface area contributed by atoms with Gasteiger partial charge in [-0.3, -0.25) is 4.79 Å². The number of amides is 1. The summed E-state index contributed by atoms with van der Waals surface area (Å²) >= 11 is 0. The minimum Gasteiger partial charge on any atom is -0.486 e. The van der Waals surface area contributed by atoms with Crippen molar-refractivity contribution in [2.45, 2.75) is 19.4 Å². The first-order chi connectivity index (χ1) is 13.7. The van der Waals surface area contributed by atoms with Crippen LogP contribution in [-0.4, -0.2) is 44.3 Å². The maximum atomic E-state index is 12.0. The summed E-state index contributed by atoms with van der Waals surface area (Å²) in [5.74, 6) is 1.01. The molecule has 1 unspecified atom stereocenters. The Balaban J connectivity index is 0.00000300. The van der Waals surface area contributed by atoms with Crippen LogP contribution in [0.4, 0.5) is 5.69 Å². The minimum atomic E-state index is -0.374. The molecule has 1 aliphatic rings. The average Bonchev–Trinajstić information content (AvgIpc) is 2.72. The highest BCUT2D eigenvalue weighted by Crippen LogP contribution is 2.30. The number of carbonyl (C=O) groups is 2. The SMILES string of the molecule is CCOC(=O)c1ccc(NC(=O)CCNCC2COc3ccccc3O2)cc1.Cl. The molecular formula is C21H25ClN2O5. The average molecular weight is 421 g/mol. The molecule has 1 amide bonds. The first-order valence-corrected chi connectivity index (χ1v) is 9.32. The van der Waals surface area contributed by atoms with Gasteiger partial charge in [0.25, 0.3) is 0 Å². The number of carbonyl (C=O) groups excluding carboxylic acids is 2. The van der Waals surface area contributed by atoms with E-state index in [1.54, 1.807) is 31.2 Å². The molecule has 8 heteroatoms. The van der Waals surface area contributed by atoms with Gasteiger partial charge in [-0.15, -0.1) is 12.4 Å². The molecule has 0 saturated heterocycles. The molecule has 156 valence electrons. The minimum absolute atomic E-state index is 0. The van der Waals surface area contributed by atoms with Crippen molar-refractivity contribution in [3.8, 4) is 11.5 Å². The van der Waals surface area contributed by atoms with Crippen molar-refractivity contribution in [1.82, 2.24) is 5.32 Å². The Kier molecular flexibility index (Phi) is 8.76. The number of ether oxygens (including phenoxy) is 3. The molecule has 1 atom stereocenters. The van der Waals surface area contributed by atoms with Gasteiger partial charge in [0.1, 0.15) is 12.7 Å². The Morgan fingerprint density at radius 1 is 1.10 bits per heavy atom. The molecule has 2 aromatic carbocycles. The number of fused-ring (bicyclic) bond motifs is 1. The van der Waals surface area contributed by atoms with E-state index in [1.807, 2.05) is 24.3 Å². The summed E-state index contributed by atoms with van der Waals surface area (Å²) in [5, 5.41) is 6.02. The van der Waals surface area contributed by atoms with Gasteiger partial charge in [0.05, 0.1) is 12.2 Å². The fraction of sp³-hybridized carbons (Fsp3) is 0.333. The lowest BCUT2D eigenvalue weighted by molar-refractivity contribution is -0.116. The molecule has 0 bridgehead atoms. The van der Waals surface area contributed by atoms with Crippen molar-refractivity contribution in [2.24, 2.45) is 0 Å². The molecule has 0 saturated carbocycles. The quantitative estimate of drug-likeness (QED) is 0.504. The van der Waals surface area contributed by atoms with E-state index in [4.69, 9.17) is 14.2 Å². The molecule has 0 aromatic heterocycles. The van der Waals surface area contributed by atoms with Gasteiger partial charge in [-0.1, -0.05) is 12.1 Å². The lowest BCUT2D eigenvalue weighted by atomic mass is 10.2. The summed E-state index contributed by atoms with van der Waals surface area (Å²) in [6.07, 6.45) is 0.234. The number of anilines is 1. The summed E-state index contributed by atoms with van der Waals surface area (Å²) in [5.41, 5.74) is 1.09. The van der Waals surface area contributed by atoms with Crippen LogP contribution in [0.15, 0.2) is 48.5 Å². The number of hydrogen-bond donors (Lipinski definition) is 2. The molecule has 0 spiro atoms.